The first kappa shape index (κ1) is 26.1. The van der Waals surface area contributed by atoms with Crippen molar-refractivity contribution in [3.8, 4) is 22.8 Å². The number of benzene rings is 3. The summed E-state index contributed by atoms with van der Waals surface area (Å²) >= 11 is 7.34. The van der Waals surface area contributed by atoms with Crippen molar-refractivity contribution in [2.75, 3.05) is 5.75 Å². The highest BCUT2D eigenvalue weighted by Gasteiger charge is 2.17. The predicted octanol–water partition coefficient (Wildman–Crippen LogP) is 5.80. The third-order valence-corrected chi connectivity index (χ3v) is 6.70. The van der Waals surface area contributed by atoms with Crippen LogP contribution in [0.3, 0.4) is 0 Å². The summed E-state index contributed by atoms with van der Waals surface area (Å²) in [6.45, 7) is 0.498. The maximum absolute atomic E-state index is 12.5. The van der Waals surface area contributed by atoms with Crippen LogP contribution >= 0.6 is 23.4 Å². The lowest BCUT2D eigenvalue weighted by Crippen LogP contribution is -2.20. The molecule has 0 saturated carbocycles. The first-order valence-electron chi connectivity index (χ1n) is 12.0. The molecule has 0 bridgehead atoms. The maximum atomic E-state index is 12.5. The predicted molar refractivity (Wildman–Crippen MR) is 153 cm³/mol. The number of thioether (sulfide) groups is 1. The summed E-state index contributed by atoms with van der Waals surface area (Å²) in [5.74, 6) is 1.23. The van der Waals surface area contributed by atoms with Gasteiger partial charge in [-0.2, -0.15) is 5.10 Å². The molecule has 0 atom stereocenters. The van der Waals surface area contributed by atoms with Gasteiger partial charge in [0.05, 0.1) is 12.0 Å². The second-order valence-corrected chi connectivity index (χ2v) is 9.66. The summed E-state index contributed by atoms with van der Waals surface area (Å²) in [7, 11) is 0. The first-order valence-corrected chi connectivity index (χ1v) is 13.4. The Morgan fingerprint density at radius 3 is 2.44 bits per heavy atom. The van der Waals surface area contributed by atoms with Gasteiger partial charge in [-0.05, 0) is 71.8 Å². The molecule has 5 rings (SSSR count). The summed E-state index contributed by atoms with van der Waals surface area (Å²) in [6, 6.07) is 28.5. The highest BCUT2D eigenvalue weighted by molar-refractivity contribution is 7.99. The normalized spacial score (nSPS) is 11.0. The number of hydrogen-bond acceptors (Lipinski definition) is 7. The first-order chi connectivity index (χ1) is 19.2. The van der Waals surface area contributed by atoms with E-state index in [4.69, 9.17) is 16.3 Å². The third kappa shape index (κ3) is 7.10. The van der Waals surface area contributed by atoms with Crippen LogP contribution in [0.2, 0.25) is 5.02 Å². The number of nitrogens with one attached hydrogen (secondary N) is 1. The number of amides is 1. The largest absolute Gasteiger partial charge is 0.489 e. The fraction of sp³-hybridized carbons (Fsp3) is 0.0690. The lowest BCUT2D eigenvalue weighted by atomic mass is 10.2. The van der Waals surface area contributed by atoms with Gasteiger partial charge in [-0.3, -0.25) is 14.3 Å². The van der Waals surface area contributed by atoms with E-state index in [1.54, 1.807) is 30.7 Å². The van der Waals surface area contributed by atoms with E-state index in [0.717, 1.165) is 28.1 Å². The number of carbonyl (C=O) groups is 1. The van der Waals surface area contributed by atoms with Crippen molar-refractivity contribution in [2.45, 2.75) is 11.8 Å². The Kier molecular flexibility index (Phi) is 8.62. The topological polar surface area (TPSA) is 94.3 Å². The molecule has 0 unspecified atom stereocenters. The smallest absolute Gasteiger partial charge is 0.250 e. The highest BCUT2D eigenvalue weighted by Crippen LogP contribution is 2.28. The maximum Gasteiger partial charge on any atom is 0.250 e. The summed E-state index contributed by atoms with van der Waals surface area (Å²) < 4.78 is 7.68. The average Bonchev–Trinajstić information content (AvgIpc) is 3.41. The zero-order valence-corrected chi connectivity index (χ0v) is 22.2. The number of ether oxygens (including phenoxy) is 1. The molecule has 0 fully saturated rings. The fourth-order valence-corrected chi connectivity index (χ4v) is 4.48. The van der Waals surface area contributed by atoms with Crippen LogP contribution in [0.5, 0.6) is 5.75 Å². The van der Waals surface area contributed by atoms with Crippen LogP contribution in [0.4, 0.5) is 0 Å². The van der Waals surface area contributed by atoms with Crippen molar-refractivity contribution >= 4 is 35.5 Å². The average molecular weight is 555 g/mol. The molecule has 8 nitrogen and oxygen atoms in total. The molecule has 39 heavy (non-hydrogen) atoms. The second kappa shape index (κ2) is 12.9. The summed E-state index contributed by atoms with van der Waals surface area (Å²) in [5, 5.41) is 14.0. The SMILES string of the molecule is O=C(CSc1nnc(-c2ccncc2)n1-c1ccc(Cl)cc1)NN=Cc1ccc(OCc2ccccc2)cc1. The van der Waals surface area contributed by atoms with Crippen LogP contribution in [0.15, 0.2) is 114 Å². The summed E-state index contributed by atoms with van der Waals surface area (Å²) in [5.41, 5.74) is 6.18. The molecular weight excluding hydrogens is 532 g/mol. The Morgan fingerprint density at radius 2 is 1.69 bits per heavy atom. The van der Waals surface area contributed by atoms with Gasteiger partial charge in [-0.1, -0.05) is 53.7 Å². The van der Waals surface area contributed by atoms with Gasteiger partial charge in [-0.25, -0.2) is 5.43 Å². The van der Waals surface area contributed by atoms with Crippen molar-refractivity contribution in [3.63, 3.8) is 0 Å². The minimum Gasteiger partial charge on any atom is -0.489 e. The number of rotatable bonds is 10. The Morgan fingerprint density at radius 1 is 0.949 bits per heavy atom. The van der Waals surface area contributed by atoms with Gasteiger partial charge < -0.3 is 4.74 Å². The lowest BCUT2D eigenvalue weighted by molar-refractivity contribution is -0.118. The van der Waals surface area contributed by atoms with Gasteiger partial charge >= 0.3 is 0 Å². The van der Waals surface area contributed by atoms with Crippen LogP contribution in [-0.2, 0) is 11.4 Å². The number of carbonyl (C=O) groups excluding carboxylic acids is 1. The lowest BCUT2D eigenvalue weighted by Gasteiger charge is -2.10. The number of nitrogens with zero attached hydrogens (tertiary/aromatic N) is 5. The van der Waals surface area contributed by atoms with Crippen molar-refractivity contribution in [1.82, 2.24) is 25.2 Å². The van der Waals surface area contributed by atoms with Crippen LogP contribution in [-0.4, -0.2) is 37.6 Å². The Hall–Kier alpha value is -4.47. The molecule has 0 aliphatic rings. The van der Waals surface area contributed by atoms with Crippen molar-refractivity contribution in [3.05, 3.63) is 120 Å². The number of pyridine rings is 1. The van der Waals surface area contributed by atoms with E-state index in [2.05, 4.69) is 25.7 Å². The Bertz CT molecular complexity index is 1540. The van der Waals surface area contributed by atoms with Crippen LogP contribution in [0.25, 0.3) is 17.1 Å². The van der Waals surface area contributed by atoms with Crippen molar-refractivity contribution < 1.29 is 9.53 Å². The van der Waals surface area contributed by atoms with Gasteiger partial charge in [0.25, 0.3) is 5.91 Å². The molecule has 0 saturated heterocycles. The number of aromatic nitrogens is 4. The molecule has 0 radical (unpaired) electrons. The minimum absolute atomic E-state index is 0.103. The molecular formula is C29H23ClN6O2S. The van der Waals surface area contributed by atoms with Gasteiger partial charge in [0.15, 0.2) is 11.0 Å². The molecule has 5 aromatic rings. The summed E-state index contributed by atoms with van der Waals surface area (Å²) in [6.07, 6.45) is 4.97. The van der Waals surface area contributed by atoms with E-state index in [1.807, 2.05) is 83.4 Å². The monoisotopic (exact) mass is 554 g/mol. The van der Waals surface area contributed by atoms with E-state index in [1.165, 1.54) is 11.8 Å². The molecule has 0 aliphatic carbocycles. The van der Waals surface area contributed by atoms with E-state index in [-0.39, 0.29) is 11.7 Å². The number of hydrogen-bond donors (Lipinski definition) is 1. The van der Waals surface area contributed by atoms with Gasteiger partial charge in [0, 0.05) is 28.7 Å². The Labute approximate surface area is 234 Å². The third-order valence-electron chi connectivity index (χ3n) is 5.52. The molecule has 1 N–H and O–H groups in total. The zero-order valence-electron chi connectivity index (χ0n) is 20.6. The minimum atomic E-state index is -0.268. The number of hydrazone groups is 1. The van der Waals surface area contributed by atoms with Crippen molar-refractivity contribution in [2.24, 2.45) is 5.10 Å². The van der Waals surface area contributed by atoms with E-state index in [9.17, 15) is 4.79 Å². The highest BCUT2D eigenvalue weighted by atomic mass is 35.5. The van der Waals surface area contributed by atoms with Crippen LogP contribution in [0, 0.1) is 0 Å². The molecule has 1 amide bonds. The van der Waals surface area contributed by atoms with Gasteiger partial charge in [0.1, 0.15) is 12.4 Å². The summed E-state index contributed by atoms with van der Waals surface area (Å²) in [4.78, 5) is 16.6. The van der Waals surface area contributed by atoms with Crippen molar-refractivity contribution in [1.29, 1.82) is 0 Å². The molecule has 2 heterocycles. The standard InChI is InChI=1S/C29H23ClN6O2S/c30-24-8-10-25(11-9-24)36-28(23-14-16-31-17-15-23)34-35-29(36)39-20-27(37)33-32-18-21-6-12-26(13-7-21)38-19-22-4-2-1-3-5-22/h1-18H,19-20H2,(H,33,37). The van der Waals surface area contributed by atoms with E-state index < -0.39 is 0 Å². The van der Waals surface area contributed by atoms with Gasteiger partial charge in [0.2, 0.25) is 0 Å². The van der Waals surface area contributed by atoms with E-state index >= 15 is 0 Å². The number of halogens is 1. The van der Waals surface area contributed by atoms with Crippen LogP contribution < -0.4 is 10.2 Å². The fourth-order valence-electron chi connectivity index (χ4n) is 3.61. The second-order valence-electron chi connectivity index (χ2n) is 8.28. The Balaban J connectivity index is 1.18. The molecule has 194 valence electrons. The molecule has 0 aliphatic heterocycles. The molecule has 2 aromatic heterocycles. The molecule has 0 spiro atoms. The molecule has 10 heteroatoms. The van der Waals surface area contributed by atoms with Crippen LogP contribution in [0.1, 0.15) is 11.1 Å². The molecule has 3 aromatic carbocycles. The quantitative estimate of drug-likeness (QED) is 0.133. The van der Waals surface area contributed by atoms with Gasteiger partial charge in [-0.15, -0.1) is 10.2 Å². The zero-order chi connectivity index (χ0) is 26.9. The van der Waals surface area contributed by atoms with E-state index in [0.29, 0.717) is 22.6 Å².